The summed E-state index contributed by atoms with van der Waals surface area (Å²) in [7, 11) is 0.994. The first-order chi connectivity index (χ1) is 19.2. The predicted octanol–water partition coefficient (Wildman–Crippen LogP) is 4.58. The number of piperazine rings is 1. The van der Waals surface area contributed by atoms with Crippen molar-refractivity contribution in [2.45, 2.75) is 44.2 Å². The first-order valence-electron chi connectivity index (χ1n) is 13.2. The molecule has 2 aromatic rings. The van der Waals surface area contributed by atoms with Gasteiger partial charge in [0.1, 0.15) is 28.8 Å². The maximum absolute atomic E-state index is 15.0. The van der Waals surface area contributed by atoms with Crippen LogP contribution in [0.4, 0.5) is 23.4 Å². The highest BCUT2D eigenvalue weighted by molar-refractivity contribution is 6.35. The average molecular weight is 596 g/mol. The van der Waals surface area contributed by atoms with E-state index in [1.807, 2.05) is 0 Å². The van der Waals surface area contributed by atoms with Crippen LogP contribution in [-0.4, -0.2) is 95.3 Å². The predicted molar refractivity (Wildman–Crippen MR) is 145 cm³/mol. The highest BCUT2D eigenvalue weighted by atomic mass is 35.5. The smallest absolute Gasteiger partial charge is 0.459 e. The number of fused-ring (bicyclic) bond motifs is 2. The molecule has 1 aromatic carbocycles. The van der Waals surface area contributed by atoms with Crippen LogP contribution >= 0.6 is 11.6 Å². The van der Waals surface area contributed by atoms with E-state index >= 15 is 0 Å². The second-order valence-electron chi connectivity index (χ2n) is 11.1. The highest BCUT2D eigenvalue weighted by Crippen LogP contribution is 2.47. The van der Waals surface area contributed by atoms with E-state index in [1.165, 1.54) is 24.3 Å². The zero-order valence-electron chi connectivity index (χ0n) is 22.8. The summed E-state index contributed by atoms with van der Waals surface area (Å²) < 4.78 is 62.1. The molecule has 2 fully saturated rings. The molecular formula is C28H30ClF4N5O3. The van der Waals surface area contributed by atoms with E-state index in [0.29, 0.717) is 4.90 Å². The monoisotopic (exact) mass is 595 g/mol. The van der Waals surface area contributed by atoms with Crippen molar-refractivity contribution >= 4 is 29.2 Å². The lowest BCUT2D eigenvalue weighted by Gasteiger charge is -2.40. The van der Waals surface area contributed by atoms with Crippen LogP contribution in [-0.2, 0) is 4.79 Å². The molecule has 2 atom stereocenters. The van der Waals surface area contributed by atoms with Gasteiger partial charge in [0.05, 0.1) is 11.7 Å². The van der Waals surface area contributed by atoms with Crippen LogP contribution in [0.3, 0.4) is 0 Å². The third-order valence-corrected chi connectivity index (χ3v) is 8.48. The second kappa shape index (κ2) is 10.5. The summed E-state index contributed by atoms with van der Waals surface area (Å²) in [5, 5.41) is -0.0815. The highest BCUT2D eigenvalue weighted by Gasteiger charge is 2.50. The first-order valence-corrected chi connectivity index (χ1v) is 13.5. The number of carbonyl (C=O) groups excluding carboxylic acids is 2. The Morgan fingerprint density at radius 2 is 1.95 bits per heavy atom. The van der Waals surface area contributed by atoms with Crippen molar-refractivity contribution in [3.63, 3.8) is 0 Å². The topological polar surface area (TPSA) is 69.2 Å². The number of anilines is 1. The Hall–Kier alpha value is -3.38. The average Bonchev–Trinajstić information content (AvgIpc) is 3.16. The molecule has 3 aliphatic rings. The van der Waals surface area contributed by atoms with Crippen molar-refractivity contribution in [1.82, 2.24) is 19.7 Å². The molecule has 2 amide bonds. The van der Waals surface area contributed by atoms with E-state index < -0.39 is 35.6 Å². The van der Waals surface area contributed by atoms with Crippen molar-refractivity contribution in [1.29, 1.82) is 0 Å². The number of carbonyl (C=O) groups is 2. The zero-order chi connectivity index (χ0) is 29.9. The van der Waals surface area contributed by atoms with E-state index in [-0.39, 0.29) is 78.5 Å². The number of pyridine rings is 1. The Morgan fingerprint density at radius 3 is 2.61 bits per heavy atom. The van der Waals surface area contributed by atoms with Gasteiger partial charge < -0.3 is 19.4 Å². The summed E-state index contributed by atoms with van der Waals surface area (Å²) in [6, 6.07) is 4.38. The molecule has 0 radical (unpaired) electrons. The Bertz CT molecular complexity index is 1400. The summed E-state index contributed by atoms with van der Waals surface area (Å²) in [5.74, 6) is -1.31. The molecule has 1 aromatic heterocycles. The quantitative estimate of drug-likeness (QED) is 0.293. The van der Waals surface area contributed by atoms with Crippen LogP contribution < -0.4 is 9.64 Å². The van der Waals surface area contributed by atoms with Crippen LogP contribution in [0.1, 0.15) is 30.6 Å². The number of likely N-dealkylation sites (N-methyl/N-ethyl adjacent to an activating group) is 1. The lowest BCUT2D eigenvalue weighted by atomic mass is 9.99. The minimum atomic E-state index is -4.56. The maximum Gasteiger partial charge on any atom is 0.459 e. The summed E-state index contributed by atoms with van der Waals surface area (Å²) in [6.45, 7) is 7.61. The number of hydrogen-bond acceptors (Lipinski definition) is 6. The molecule has 13 heteroatoms. The molecule has 0 unspecified atom stereocenters. The van der Waals surface area contributed by atoms with E-state index in [0.717, 1.165) is 7.05 Å². The Balaban J connectivity index is 1.66. The van der Waals surface area contributed by atoms with Gasteiger partial charge in [0.2, 0.25) is 5.91 Å². The van der Waals surface area contributed by atoms with Gasteiger partial charge in [0.15, 0.2) is 5.75 Å². The molecule has 2 saturated heterocycles. The van der Waals surface area contributed by atoms with Gasteiger partial charge in [-0.25, -0.2) is 14.3 Å². The fourth-order valence-electron chi connectivity index (χ4n) is 5.85. The number of nitrogens with zero attached hydrogens (tertiary/aromatic N) is 5. The molecule has 0 bridgehead atoms. The van der Waals surface area contributed by atoms with Gasteiger partial charge in [-0.05, 0) is 45.5 Å². The molecular weight excluding hydrogens is 566 g/mol. The van der Waals surface area contributed by atoms with E-state index in [4.69, 9.17) is 16.3 Å². The zero-order valence-corrected chi connectivity index (χ0v) is 23.6. The van der Waals surface area contributed by atoms with Gasteiger partial charge in [-0.2, -0.15) is 13.2 Å². The van der Waals surface area contributed by atoms with Gasteiger partial charge in [-0.3, -0.25) is 9.59 Å². The number of hydrogen-bond donors (Lipinski definition) is 0. The number of benzene rings is 1. The Morgan fingerprint density at radius 1 is 1.24 bits per heavy atom. The molecule has 41 heavy (non-hydrogen) atoms. The van der Waals surface area contributed by atoms with Gasteiger partial charge in [0.25, 0.3) is 5.91 Å². The van der Waals surface area contributed by atoms with Crippen LogP contribution in [0.25, 0.3) is 11.3 Å². The molecule has 4 heterocycles. The molecule has 5 rings (SSSR count). The molecule has 8 nitrogen and oxygen atoms in total. The van der Waals surface area contributed by atoms with Gasteiger partial charge in [-0.15, -0.1) is 0 Å². The molecule has 0 saturated carbocycles. The summed E-state index contributed by atoms with van der Waals surface area (Å²) in [5.41, 5.74) is -0.794. The standard InChI is InChI=1S/C28H30ClF4N5O3/c1-5-20(39)36-10-11-37-17(13-36)15-41-24-21(26(37)40)25(34-23(22(24)29)18-8-6-7-9-19(18)30)38-14-16(12-27(38,2)3)35(4)28(31,32)33/h5-9,16-17H,1,10-15H2,2-4H3/t16-,17+/m0/s1. The summed E-state index contributed by atoms with van der Waals surface area (Å²) >= 11 is 6.78. The van der Waals surface area contributed by atoms with Crippen molar-refractivity contribution in [3.8, 4) is 17.0 Å². The minimum Gasteiger partial charge on any atom is -0.489 e. The van der Waals surface area contributed by atoms with E-state index in [1.54, 1.807) is 34.6 Å². The van der Waals surface area contributed by atoms with Gasteiger partial charge in [-0.1, -0.05) is 30.3 Å². The lowest BCUT2D eigenvalue weighted by molar-refractivity contribution is -0.247. The number of halogens is 5. The van der Waals surface area contributed by atoms with Crippen molar-refractivity contribution in [2.75, 3.05) is 44.7 Å². The van der Waals surface area contributed by atoms with Crippen LogP contribution in [0.15, 0.2) is 36.9 Å². The van der Waals surface area contributed by atoms with Crippen LogP contribution in [0.2, 0.25) is 5.02 Å². The minimum absolute atomic E-state index is 0.00414. The molecule has 0 N–H and O–H groups in total. The second-order valence-corrected chi connectivity index (χ2v) is 11.5. The van der Waals surface area contributed by atoms with Crippen molar-refractivity contribution in [3.05, 3.63) is 53.3 Å². The third kappa shape index (κ3) is 5.12. The lowest BCUT2D eigenvalue weighted by Crippen LogP contribution is -2.57. The molecule has 0 aliphatic carbocycles. The van der Waals surface area contributed by atoms with Crippen molar-refractivity contribution in [2.24, 2.45) is 0 Å². The molecule has 220 valence electrons. The first kappa shape index (κ1) is 29.1. The van der Waals surface area contributed by atoms with Crippen molar-refractivity contribution < 1.29 is 31.9 Å². The van der Waals surface area contributed by atoms with Crippen LogP contribution in [0.5, 0.6) is 5.75 Å². The Kier molecular flexibility index (Phi) is 7.44. The number of amides is 2. The normalized spacial score (nSPS) is 22.3. The van der Waals surface area contributed by atoms with Gasteiger partial charge >= 0.3 is 6.30 Å². The van der Waals surface area contributed by atoms with Crippen LogP contribution in [0, 0.1) is 5.82 Å². The number of aromatic nitrogens is 1. The Labute approximate surface area is 240 Å². The summed E-state index contributed by atoms with van der Waals surface area (Å²) in [6.07, 6.45) is -3.24. The van der Waals surface area contributed by atoms with E-state index in [2.05, 4.69) is 11.6 Å². The third-order valence-electron chi connectivity index (χ3n) is 8.13. The molecule has 3 aliphatic heterocycles. The summed E-state index contributed by atoms with van der Waals surface area (Å²) in [4.78, 5) is 36.3. The number of alkyl halides is 3. The fourth-order valence-corrected chi connectivity index (χ4v) is 6.14. The maximum atomic E-state index is 15.0. The molecule has 0 spiro atoms. The van der Waals surface area contributed by atoms with E-state index in [9.17, 15) is 27.2 Å². The SMILES string of the molecule is C=CC(=O)N1CCN2C(=O)c3c(N4C[C@@H](N(C)C(F)(F)F)CC4(C)C)nc(-c4ccccc4F)c(Cl)c3OC[C@H]2C1. The number of rotatable bonds is 4. The largest absolute Gasteiger partial charge is 0.489 e. The van der Waals surface area contributed by atoms with Gasteiger partial charge in [0, 0.05) is 43.3 Å². The fraction of sp³-hybridized carbons (Fsp3) is 0.464. The number of ether oxygens (including phenoxy) is 1.